The molecule has 1 aromatic carbocycles. The number of ether oxygens (including phenoxy) is 2. The van der Waals surface area contributed by atoms with Gasteiger partial charge in [-0.2, -0.15) is 22.7 Å². The predicted molar refractivity (Wildman–Crippen MR) is 160 cm³/mol. The fourth-order valence-corrected chi connectivity index (χ4v) is 7.40. The number of nitrogens with one attached hydrogen (secondary N) is 1. The molecule has 2 aromatic heterocycles. The maximum absolute atomic E-state index is 14.7. The predicted octanol–water partition coefficient (Wildman–Crippen LogP) is 4.88. The number of alkyl halides is 3. The molecule has 2 aliphatic heterocycles. The minimum atomic E-state index is -4.74. The molecule has 2 atom stereocenters. The van der Waals surface area contributed by atoms with Crippen LogP contribution >= 0.6 is 0 Å². The lowest BCUT2D eigenvalue weighted by atomic mass is 9.71. The summed E-state index contributed by atoms with van der Waals surface area (Å²) >= 11 is 0. The van der Waals surface area contributed by atoms with Crippen LogP contribution in [0.1, 0.15) is 75.0 Å². The number of hydrogen-bond donors (Lipinski definition) is 1. The smallest absolute Gasteiger partial charge is 0.416 e. The standard InChI is InChI=1S/C32H34F4N6O5/c1-30(2,3)47-29(45)40-10-8-31(9-11-40)20-15-19(20)25-24(31)27(44)42-28(38-26(39-42)17-6-12-46-13-7-17)41(25)16-23(43)37-22-5-4-18(14-21(22)33)32(34,35)36/h4-6,14,19-20H,7-13,15-16H2,1-3H3,(H,37,43). The molecule has 7 rings (SSSR count). The van der Waals surface area contributed by atoms with Crippen molar-refractivity contribution in [1.82, 2.24) is 24.1 Å². The van der Waals surface area contributed by atoms with Crippen molar-refractivity contribution in [2.45, 2.75) is 76.1 Å². The average Bonchev–Trinajstić information content (AvgIpc) is 3.60. The molecule has 15 heteroatoms. The Hall–Kier alpha value is -4.27. The highest BCUT2D eigenvalue weighted by molar-refractivity contribution is 5.91. The molecule has 4 heterocycles. The van der Waals surface area contributed by atoms with Gasteiger partial charge in [0.2, 0.25) is 11.7 Å². The van der Waals surface area contributed by atoms with Crippen LogP contribution in [0.15, 0.2) is 29.1 Å². The van der Waals surface area contributed by atoms with Gasteiger partial charge in [-0.1, -0.05) is 6.08 Å². The third-order valence-corrected chi connectivity index (χ3v) is 9.56. The number of aromatic nitrogens is 4. The summed E-state index contributed by atoms with van der Waals surface area (Å²) in [4.78, 5) is 46.9. The number of carbonyl (C=O) groups is 2. The minimum absolute atomic E-state index is 0.0335. The maximum Gasteiger partial charge on any atom is 0.416 e. The topological polar surface area (TPSA) is 120 Å². The summed E-state index contributed by atoms with van der Waals surface area (Å²) in [5.41, 5.74) is -1.10. The Labute approximate surface area is 266 Å². The summed E-state index contributed by atoms with van der Waals surface area (Å²) in [7, 11) is 0. The minimum Gasteiger partial charge on any atom is -0.444 e. The number of anilines is 1. The molecule has 1 N–H and O–H groups in total. The van der Waals surface area contributed by atoms with Gasteiger partial charge in [0.1, 0.15) is 18.0 Å². The summed E-state index contributed by atoms with van der Waals surface area (Å²) in [5, 5.41) is 6.97. The number of likely N-dealkylation sites (tertiary alicyclic amines) is 1. The number of halogens is 4. The number of rotatable bonds is 4. The molecule has 1 saturated heterocycles. The molecule has 1 spiro atoms. The molecule has 1 saturated carbocycles. The Kier molecular flexibility index (Phi) is 7.26. The Balaban J connectivity index is 1.27. The number of amides is 2. The molecule has 2 unspecified atom stereocenters. The zero-order valence-corrected chi connectivity index (χ0v) is 26.1. The van der Waals surface area contributed by atoms with Crippen LogP contribution < -0.4 is 10.9 Å². The fraction of sp³-hybridized carbons (Fsp3) is 0.531. The molecule has 3 aromatic rings. The Morgan fingerprint density at radius 1 is 1.17 bits per heavy atom. The van der Waals surface area contributed by atoms with E-state index in [1.54, 1.807) is 30.2 Å². The van der Waals surface area contributed by atoms with E-state index in [1.807, 2.05) is 6.08 Å². The zero-order valence-electron chi connectivity index (χ0n) is 26.1. The van der Waals surface area contributed by atoms with Crippen LogP contribution in [-0.4, -0.2) is 68.0 Å². The van der Waals surface area contributed by atoms with E-state index >= 15 is 0 Å². The molecule has 2 fully saturated rings. The molecule has 0 bridgehead atoms. The van der Waals surface area contributed by atoms with Crippen molar-refractivity contribution in [3.63, 3.8) is 0 Å². The van der Waals surface area contributed by atoms with Crippen LogP contribution in [0.4, 0.5) is 28.0 Å². The van der Waals surface area contributed by atoms with Gasteiger partial charge in [0.15, 0.2) is 5.82 Å². The van der Waals surface area contributed by atoms with E-state index in [2.05, 4.69) is 15.4 Å². The zero-order chi connectivity index (χ0) is 33.5. The van der Waals surface area contributed by atoms with E-state index in [0.29, 0.717) is 74.8 Å². The number of hydrogen-bond acceptors (Lipinski definition) is 7. The summed E-state index contributed by atoms with van der Waals surface area (Å²) in [6.07, 6.45) is -0.949. The van der Waals surface area contributed by atoms with Crippen molar-refractivity contribution in [2.24, 2.45) is 5.92 Å². The molecule has 4 aliphatic rings. The van der Waals surface area contributed by atoms with Gasteiger partial charge in [-0.3, -0.25) is 9.59 Å². The number of carbonyl (C=O) groups excluding carboxylic acids is 2. The van der Waals surface area contributed by atoms with E-state index in [0.717, 1.165) is 18.1 Å². The highest BCUT2D eigenvalue weighted by atomic mass is 19.4. The summed E-state index contributed by atoms with van der Waals surface area (Å²) in [5.74, 6) is -1.36. The van der Waals surface area contributed by atoms with E-state index in [1.165, 1.54) is 4.52 Å². The first-order valence-corrected chi connectivity index (χ1v) is 15.6. The van der Waals surface area contributed by atoms with Gasteiger partial charge in [-0.05, 0) is 76.1 Å². The number of piperidine rings is 1. The lowest BCUT2D eigenvalue weighted by Crippen LogP contribution is -2.49. The highest BCUT2D eigenvalue weighted by Gasteiger charge is 2.64. The number of fused-ring (bicyclic) bond motifs is 6. The summed E-state index contributed by atoms with van der Waals surface area (Å²) in [6.45, 7) is 6.63. The van der Waals surface area contributed by atoms with Gasteiger partial charge >= 0.3 is 12.3 Å². The quantitative estimate of drug-likeness (QED) is 0.397. The lowest BCUT2D eigenvalue weighted by molar-refractivity contribution is -0.137. The van der Waals surface area contributed by atoms with Gasteiger partial charge < -0.3 is 24.3 Å². The first-order valence-electron chi connectivity index (χ1n) is 15.6. The first kappa shape index (κ1) is 31.3. The molecular formula is C32H34F4N6O5. The molecule has 2 aliphatic carbocycles. The van der Waals surface area contributed by atoms with E-state index in [4.69, 9.17) is 9.47 Å². The van der Waals surface area contributed by atoms with Gasteiger partial charge in [0.05, 0.1) is 24.5 Å². The van der Waals surface area contributed by atoms with Crippen molar-refractivity contribution in [3.8, 4) is 0 Å². The Morgan fingerprint density at radius 3 is 2.55 bits per heavy atom. The van der Waals surface area contributed by atoms with Crippen molar-refractivity contribution in [1.29, 1.82) is 0 Å². The molecule has 2 amide bonds. The van der Waals surface area contributed by atoms with Crippen LogP contribution in [0.3, 0.4) is 0 Å². The Bertz CT molecular complexity index is 1880. The van der Waals surface area contributed by atoms with Crippen molar-refractivity contribution < 1.29 is 36.6 Å². The second kappa shape index (κ2) is 10.9. The van der Waals surface area contributed by atoms with Crippen LogP contribution in [-0.2, 0) is 32.4 Å². The monoisotopic (exact) mass is 658 g/mol. The van der Waals surface area contributed by atoms with Gasteiger partial charge in [-0.25, -0.2) is 9.18 Å². The fourth-order valence-electron chi connectivity index (χ4n) is 7.40. The molecule has 11 nitrogen and oxygen atoms in total. The van der Waals surface area contributed by atoms with Crippen LogP contribution in [0.25, 0.3) is 11.4 Å². The summed E-state index contributed by atoms with van der Waals surface area (Å²) < 4.78 is 67.7. The van der Waals surface area contributed by atoms with Crippen LogP contribution in [0.2, 0.25) is 0 Å². The highest BCUT2D eigenvalue weighted by Crippen LogP contribution is 2.67. The van der Waals surface area contributed by atoms with Crippen LogP contribution in [0, 0.1) is 11.7 Å². The Morgan fingerprint density at radius 2 is 1.91 bits per heavy atom. The van der Waals surface area contributed by atoms with E-state index in [-0.39, 0.29) is 29.7 Å². The molecule has 0 radical (unpaired) electrons. The van der Waals surface area contributed by atoms with E-state index in [9.17, 15) is 31.9 Å². The van der Waals surface area contributed by atoms with Gasteiger partial charge in [-0.15, -0.1) is 5.10 Å². The number of nitrogens with zero attached hydrogens (tertiary/aromatic N) is 5. The van der Waals surface area contributed by atoms with Crippen molar-refractivity contribution in [3.05, 3.63) is 63.1 Å². The normalized spacial score (nSPS) is 21.8. The van der Waals surface area contributed by atoms with E-state index < -0.39 is 46.3 Å². The average molecular weight is 659 g/mol. The van der Waals surface area contributed by atoms with Crippen molar-refractivity contribution in [2.75, 3.05) is 31.6 Å². The van der Waals surface area contributed by atoms with Gasteiger partial charge in [0.25, 0.3) is 5.56 Å². The van der Waals surface area contributed by atoms with Crippen molar-refractivity contribution >= 4 is 29.0 Å². The second-order valence-electron chi connectivity index (χ2n) is 13.7. The van der Waals surface area contributed by atoms with Crippen LogP contribution in [0.5, 0.6) is 0 Å². The third kappa shape index (κ3) is 5.47. The largest absolute Gasteiger partial charge is 0.444 e. The second-order valence-corrected chi connectivity index (χ2v) is 13.7. The lowest BCUT2D eigenvalue weighted by Gasteiger charge is -2.41. The van der Waals surface area contributed by atoms with Gasteiger partial charge in [0, 0.05) is 35.7 Å². The SMILES string of the molecule is CC(C)(C)OC(=O)N1CCC2(CC1)c1c(n(CC(=O)Nc3ccc(C(F)(F)F)cc3F)c3nc(C4=CCOCC4)nn3c1=O)C1CC12. The maximum atomic E-state index is 14.7. The first-order chi connectivity index (χ1) is 22.2. The third-order valence-electron chi connectivity index (χ3n) is 9.56. The molecule has 250 valence electrons. The molecule has 47 heavy (non-hydrogen) atoms. The number of benzene rings is 1. The summed E-state index contributed by atoms with van der Waals surface area (Å²) in [6, 6.07) is 1.90. The molecular weight excluding hydrogens is 624 g/mol.